The summed E-state index contributed by atoms with van der Waals surface area (Å²) in [7, 11) is 0. The van der Waals surface area contributed by atoms with Crippen LogP contribution >= 0.6 is 0 Å². The Balaban J connectivity index is 0.00000169. The predicted octanol–water partition coefficient (Wildman–Crippen LogP) is 1.23. The van der Waals surface area contributed by atoms with Crippen LogP contribution in [0, 0.1) is 0 Å². The highest BCUT2D eigenvalue weighted by atomic mass is 19.4. The Bertz CT molecular complexity index is 337. The molecule has 14 heavy (non-hydrogen) atoms. The van der Waals surface area contributed by atoms with Crippen molar-refractivity contribution in [2.75, 3.05) is 0 Å². The molecule has 1 heterocycles. The van der Waals surface area contributed by atoms with Gasteiger partial charge in [0.05, 0.1) is 23.5 Å². The molecular formula is C7H8F3N3O. The number of carbonyl (C=O) groups is 1. The van der Waals surface area contributed by atoms with Crippen molar-refractivity contribution in [3.05, 3.63) is 23.5 Å². The summed E-state index contributed by atoms with van der Waals surface area (Å²) in [4.78, 5) is 10.5. The van der Waals surface area contributed by atoms with Gasteiger partial charge in [-0.25, -0.2) is 0 Å². The lowest BCUT2D eigenvalue weighted by Gasteiger charge is -2.07. The van der Waals surface area contributed by atoms with E-state index in [9.17, 15) is 18.0 Å². The van der Waals surface area contributed by atoms with Crippen molar-refractivity contribution in [3.8, 4) is 0 Å². The molecular weight excluding hydrogens is 199 g/mol. The fourth-order valence-corrected chi connectivity index (χ4v) is 0.743. The molecule has 0 spiro atoms. The van der Waals surface area contributed by atoms with E-state index in [0.29, 0.717) is 12.4 Å². The highest BCUT2D eigenvalue weighted by Gasteiger charge is 2.35. The standard InChI is InChI=1S/C6H4F3N3O.CH4/c7-6(8,9)4-2-12-11-1-3(4)5(10)13;/h1-2H,(H2,10,13);1H4. The van der Waals surface area contributed by atoms with E-state index in [-0.39, 0.29) is 7.43 Å². The van der Waals surface area contributed by atoms with Crippen molar-refractivity contribution in [3.63, 3.8) is 0 Å². The second kappa shape index (κ2) is 4.03. The fraction of sp³-hybridized carbons (Fsp3) is 0.286. The van der Waals surface area contributed by atoms with Crippen LogP contribution in [0.15, 0.2) is 12.4 Å². The van der Waals surface area contributed by atoms with Crippen LogP contribution < -0.4 is 5.73 Å². The smallest absolute Gasteiger partial charge is 0.366 e. The largest absolute Gasteiger partial charge is 0.418 e. The van der Waals surface area contributed by atoms with Gasteiger partial charge in [-0.05, 0) is 0 Å². The van der Waals surface area contributed by atoms with Gasteiger partial charge in [0.15, 0.2) is 0 Å². The first kappa shape index (κ1) is 12.3. The molecule has 1 rings (SSSR count). The molecule has 1 aromatic heterocycles. The van der Waals surface area contributed by atoms with Gasteiger partial charge in [-0.2, -0.15) is 23.4 Å². The maximum Gasteiger partial charge on any atom is 0.418 e. The molecule has 0 radical (unpaired) electrons. The Morgan fingerprint density at radius 3 is 2.14 bits per heavy atom. The van der Waals surface area contributed by atoms with Crippen molar-refractivity contribution in [1.29, 1.82) is 0 Å². The normalized spacial score (nSPS) is 10.5. The van der Waals surface area contributed by atoms with Gasteiger partial charge in [-0.3, -0.25) is 4.79 Å². The van der Waals surface area contributed by atoms with Crippen molar-refractivity contribution in [1.82, 2.24) is 10.2 Å². The zero-order valence-electron chi connectivity index (χ0n) is 6.17. The number of halogens is 3. The predicted molar refractivity (Wildman–Crippen MR) is 42.3 cm³/mol. The van der Waals surface area contributed by atoms with E-state index in [4.69, 9.17) is 5.73 Å². The number of alkyl halides is 3. The Labute approximate surface area is 77.9 Å². The van der Waals surface area contributed by atoms with Gasteiger partial charge < -0.3 is 5.73 Å². The molecule has 0 saturated carbocycles. The molecule has 4 nitrogen and oxygen atoms in total. The molecule has 0 aliphatic heterocycles. The highest BCUT2D eigenvalue weighted by molar-refractivity contribution is 5.94. The van der Waals surface area contributed by atoms with Crippen LogP contribution in [0.2, 0.25) is 0 Å². The number of aromatic nitrogens is 2. The summed E-state index contributed by atoms with van der Waals surface area (Å²) in [5, 5.41) is 6.15. The third kappa shape index (κ3) is 2.41. The molecule has 7 heteroatoms. The first-order chi connectivity index (χ1) is 5.93. The van der Waals surface area contributed by atoms with Gasteiger partial charge in [-0.1, -0.05) is 7.43 Å². The van der Waals surface area contributed by atoms with Crippen LogP contribution in [0.25, 0.3) is 0 Å². The minimum atomic E-state index is -4.64. The van der Waals surface area contributed by atoms with Gasteiger partial charge in [0.25, 0.3) is 5.91 Å². The van der Waals surface area contributed by atoms with Gasteiger partial charge >= 0.3 is 6.18 Å². The highest BCUT2D eigenvalue weighted by Crippen LogP contribution is 2.30. The first-order valence-corrected chi connectivity index (χ1v) is 3.10. The van der Waals surface area contributed by atoms with Crippen molar-refractivity contribution in [2.24, 2.45) is 5.73 Å². The summed E-state index contributed by atoms with van der Waals surface area (Å²) in [6, 6.07) is 0. The van der Waals surface area contributed by atoms with Gasteiger partial charge in [-0.15, -0.1) is 0 Å². The lowest BCUT2D eigenvalue weighted by Crippen LogP contribution is -2.19. The van der Waals surface area contributed by atoms with Crippen LogP contribution in [0.4, 0.5) is 13.2 Å². The maximum atomic E-state index is 12.1. The zero-order valence-corrected chi connectivity index (χ0v) is 6.17. The molecule has 1 amide bonds. The van der Waals surface area contributed by atoms with Crippen molar-refractivity contribution in [2.45, 2.75) is 13.6 Å². The average molecular weight is 207 g/mol. The maximum absolute atomic E-state index is 12.1. The Morgan fingerprint density at radius 1 is 1.29 bits per heavy atom. The Kier molecular flexibility index (Phi) is 3.55. The molecule has 0 fully saturated rings. The zero-order chi connectivity index (χ0) is 10.1. The van der Waals surface area contributed by atoms with Gasteiger partial charge in [0, 0.05) is 0 Å². The van der Waals surface area contributed by atoms with E-state index in [1.165, 1.54) is 0 Å². The summed E-state index contributed by atoms with van der Waals surface area (Å²) in [6.45, 7) is 0. The molecule has 0 aromatic carbocycles. The summed E-state index contributed by atoms with van der Waals surface area (Å²) in [5.74, 6) is -1.18. The van der Waals surface area contributed by atoms with Crippen LogP contribution in [0.3, 0.4) is 0 Å². The molecule has 0 unspecified atom stereocenters. The van der Waals surface area contributed by atoms with E-state index in [1.807, 2.05) is 0 Å². The number of hydrogen-bond acceptors (Lipinski definition) is 3. The van der Waals surface area contributed by atoms with Crippen LogP contribution in [0.1, 0.15) is 23.3 Å². The number of amides is 1. The quantitative estimate of drug-likeness (QED) is 0.752. The van der Waals surface area contributed by atoms with E-state index < -0.39 is 23.2 Å². The van der Waals surface area contributed by atoms with E-state index >= 15 is 0 Å². The molecule has 78 valence electrons. The second-order valence-electron chi connectivity index (χ2n) is 2.18. The number of nitrogens with zero attached hydrogens (tertiary/aromatic N) is 2. The molecule has 2 N–H and O–H groups in total. The van der Waals surface area contributed by atoms with Crippen LogP contribution in [0.5, 0.6) is 0 Å². The molecule has 0 aliphatic rings. The summed E-state index contributed by atoms with van der Waals surface area (Å²) in [5.41, 5.74) is 2.86. The molecule has 1 aromatic rings. The van der Waals surface area contributed by atoms with Crippen molar-refractivity contribution >= 4 is 5.91 Å². The number of rotatable bonds is 1. The second-order valence-corrected chi connectivity index (χ2v) is 2.18. The lowest BCUT2D eigenvalue weighted by molar-refractivity contribution is -0.138. The minimum absolute atomic E-state index is 0. The Hall–Kier alpha value is -1.66. The SMILES string of the molecule is C.NC(=O)c1cnncc1C(F)(F)F. The third-order valence-corrected chi connectivity index (χ3v) is 1.30. The lowest BCUT2D eigenvalue weighted by atomic mass is 10.1. The van der Waals surface area contributed by atoms with Gasteiger partial charge in [0.1, 0.15) is 0 Å². The van der Waals surface area contributed by atoms with Gasteiger partial charge in [0.2, 0.25) is 0 Å². The van der Waals surface area contributed by atoms with E-state index in [0.717, 1.165) is 0 Å². The Morgan fingerprint density at radius 2 is 1.79 bits per heavy atom. The number of nitrogens with two attached hydrogens (primary N) is 1. The number of primary amides is 1. The van der Waals surface area contributed by atoms with E-state index in [1.54, 1.807) is 0 Å². The van der Waals surface area contributed by atoms with Crippen molar-refractivity contribution < 1.29 is 18.0 Å². The summed E-state index contributed by atoms with van der Waals surface area (Å²) < 4.78 is 36.4. The fourth-order valence-electron chi connectivity index (χ4n) is 0.743. The summed E-state index contributed by atoms with van der Waals surface area (Å²) >= 11 is 0. The van der Waals surface area contributed by atoms with Crippen LogP contribution in [-0.2, 0) is 6.18 Å². The molecule has 0 aliphatic carbocycles. The minimum Gasteiger partial charge on any atom is -0.366 e. The number of carbonyl (C=O) groups excluding carboxylic acids is 1. The molecule has 0 atom stereocenters. The van der Waals surface area contributed by atoms with Crippen LogP contribution in [-0.4, -0.2) is 16.1 Å². The monoisotopic (exact) mass is 207 g/mol. The van der Waals surface area contributed by atoms with E-state index in [2.05, 4.69) is 10.2 Å². The summed E-state index contributed by atoms with van der Waals surface area (Å²) in [6.07, 6.45) is -3.49. The third-order valence-electron chi connectivity index (χ3n) is 1.30. The molecule has 0 bridgehead atoms. The average Bonchev–Trinajstić information content (AvgIpc) is 2.03. The molecule has 0 saturated heterocycles. The first-order valence-electron chi connectivity index (χ1n) is 3.10. The topological polar surface area (TPSA) is 68.9 Å². The number of hydrogen-bond donors (Lipinski definition) is 1.